The van der Waals surface area contributed by atoms with E-state index in [2.05, 4.69) is 24.5 Å². The van der Waals surface area contributed by atoms with Crippen molar-refractivity contribution in [1.29, 1.82) is 0 Å². The maximum absolute atomic E-state index is 13.4. The number of aromatic nitrogens is 6. The molecular formula is C23H32N8O15P2. The average molecular weight is 722 g/mol. The Morgan fingerprint density at radius 2 is 1.71 bits per heavy atom. The average Bonchev–Trinajstić information content (AvgIpc) is 3.80. The van der Waals surface area contributed by atoms with Crippen LogP contribution in [0.3, 0.4) is 0 Å². The Morgan fingerprint density at radius 1 is 0.958 bits per heavy atom. The van der Waals surface area contributed by atoms with Crippen LogP contribution in [0.4, 0.5) is 11.6 Å². The maximum atomic E-state index is 13.4. The SMILES string of the molecule is Nc1ccn([C@@H]2O[C@H](COP(=O)(O)O)[C@@H](OP(=O)(O)OC[C@H]3O[C@@H](n4cnc5c(N)ncnc54)C(O)C3O)[C@H]2OC2CCCO2)c(=O)n1. The van der Waals surface area contributed by atoms with E-state index in [1.54, 1.807) is 0 Å². The molecule has 3 aliphatic heterocycles. The highest BCUT2D eigenvalue weighted by Crippen LogP contribution is 2.50. The predicted molar refractivity (Wildman–Crippen MR) is 155 cm³/mol. The van der Waals surface area contributed by atoms with Crippen LogP contribution in [0, 0.1) is 0 Å². The van der Waals surface area contributed by atoms with Gasteiger partial charge in [0.15, 0.2) is 30.2 Å². The molecule has 0 saturated carbocycles. The number of hydrogen-bond donors (Lipinski definition) is 7. The molecule has 25 heteroatoms. The zero-order valence-electron chi connectivity index (χ0n) is 24.6. The van der Waals surface area contributed by atoms with Crippen LogP contribution in [-0.4, -0.2) is 117 Å². The van der Waals surface area contributed by atoms with E-state index < -0.39 is 89.9 Å². The molecule has 0 radical (unpaired) electrons. The van der Waals surface area contributed by atoms with Crippen molar-refractivity contribution < 1.29 is 66.5 Å². The van der Waals surface area contributed by atoms with Gasteiger partial charge in [-0.3, -0.25) is 22.7 Å². The van der Waals surface area contributed by atoms with Gasteiger partial charge in [0.05, 0.1) is 19.5 Å². The smallest absolute Gasteiger partial charge is 0.387 e. The third-order valence-electron chi connectivity index (χ3n) is 7.67. The number of imidazole rings is 1. The van der Waals surface area contributed by atoms with E-state index in [1.165, 1.54) is 29.5 Å². The third-order valence-corrected chi connectivity index (χ3v) is 9.14. The zero-order valence-corrected chi connectivity index (χ0v) is 26.4. The van der Waals surface area contributed by atoms with Gasteiger partial charge in [0.2, 0.25) is 0 Å². The number of nitrogens with two attached hydrogens (primary N) is 2. The molecule has 23 nitrogen and oxygen atoms in total. The van der Waals surface area contributed by atoms with E-state index >= 15 is 0 Å². The Bertz CT molecular complexity index is 1770. The van der Waals surface area contributed by atoms with Gasteiger partial charge in [-0.15, -0.1) is 0 Å². The van der Waals surface area contributed by atoms with Gasteiger partial charge in [-0.1, -0.05) is 0 Å². The van der Waals surface area contributed by atoms with Crippen molar-refractivity contribution in [2.75, 3.05) is 31.3 Å². The fraction of sp³-hybridized carbons (Fsp3) is 0.609. The lowest BCUT2D eigenvalue weighted by Crippen LogP contribution is -2.41. The van der Waals surface area contributed by atoms with Gasteiger partial charge in [0.25, 0.3) is 0 Å². The number of rotatable bonds is 12. The van der Waals surface area contributed by atoms with Gasteiger partial charge in [0, 0.05) is 19.2 Å². The minimum atomic E-state index is -5.19. The van der Waals surface area contributed by atoms with Crippen LogP contribution in [0.5, 0.6) is 0 Å². The van der Waals surface area contributed by atoms with Crippen LogP contribution in [-0.2, 0) is 41.6 Å². The first-order valence-electron chi connectivity index (χ1n) is 14.3. The van der Waals surface area contributed by atoms with Crippen LogP contribution in [0.15, 0.2) is 29.7 Å². The summed E-state index contributed by atoms with van der Waals surface area (Å²) in [5, 5.41) is 21.4. The Balaban J connectivity index is 1.21. The summed E-state index contributed by atoms with van der Waals surface area (Å²) >= 11 is 0. The highest BCUT2D eigenvalue weighted by atomic mass is 31.2. The highest BCUT2D eigenvalue weighted by Gasteiger charge is 2.53. The number of anilines is 2. The molecule has 0 aromatic carbocycles. The summed E-state index contributed by atoms with van der Waals surface area (Å²) in [7, 11) is -10.3. The first-order chi connectivity index (χ1) is 22.7. The summed E-state index contributed by atoms with van der Waals surface area (Å²) in [5.74, 6) is -0.0532. The molecule has 9 N–H and O–H groups in total. The van der Waals surface area contributed by atoms with Gasteiger partial charge in [0.1, 0.15) is 54.3 Å². The van der Waals surface area contributed by atoms with Crippen molar-refractivity contribution >= 4 is 38.4 Å². The molecule has 0 amide bonds. The van der Waals surface area contributed by atoms with E-state index in [-0.39, 0.29) is 22.8 Å². The number of ether oxygens (including phenoxy) is 4. The molecule has 264 valence electrons. The summed E-state index contributed by atoms with van der Waals surface area (Å²) in [5.41, 5.74) is 10.9. The van der Waals surface area contributed by atoms with Crippen LogP contribution >= 0.6 is 15.6 Å². The van der Waals surface area contributed by atoms with Gasteiger partial charge >= 0.3 is 21.3 Å². The van der Waals surface area contributed by atoms with E-state index in [0.29, 0.717) is 19.4 Å². The van der Waals surface area contributed by atoms with Crippen molar-refractivity contribution in [3.05, 3.63) is 35.4 Å². The van der Waals surface area contributed by atoms with E-state index in [1.807, 2.05) is 0 Å². The Morgan fingerprint density at radius 3 is 2.42 bits per heavy atom. The Hall–Kier alpha value is -2.99. The molecule has 48 heavy (non-hydrogen) atoms. The second kappa shape index (κ2) is 13.7. The monoisotopic (exact) mass is 722 g/mol. The second-order valence-electron chi connectivity index (χ2n) is 10.9. The summed E-state index contributed by atoms with van der Waals surface area (Å²) in [6.07, 6.45) is -8.17. The van der Waals surface area contributed by atoms with E-state index in [0.717, 1.165) is 4.57 Å². The minimum absolute atomic E-state index is 0.0620. The normalized spacial score (nSPS) is 32.2. The van der Waals surface area contributed by atoms with Crippen LogP contribution in [0.2, 0.25) is 0 Å². The summed E-state index contributed by atoms with van der Waals surface area (Å²) in [4.78, 5) is 57.8. The number of nitrogens with zero attached hydrogens (tertiary/aromatic N) is 6. The fourth-order valence-corrected chi connectivity index (χ4v) is 6.76. The Labute approximate surface area is 269 Å². The second-order valence-corrected chi connectivity index (χ2v) is 13.5. The zero-order chi connectivity index (χ0) is 34.4. The number of aliphatic hydroxyl groups excluding tert-OH is 2. The standard InChI is InChI=1S/C23H32N8O15P2/c24-12-3-4-30(23(34)29-12)22-18(45-13-2-1-5-40-13)17(11(44-22)7-41-47(35,36)37)46-48(38,39)42-6-10-15(32)16(33)21(43-10)31-9-28-14-19(25)26-8-27-20(14)31/h3-4,8-11,13,15-18,21-22,32-33H,1-2,5-7H2,(H,38,39)(H2,24,29,34)(H2,25,26,27)(H2,35,36,37)/t10-,11-,13?,15?,16?,17-,18-,21-,22-/m1/s1. The van der Waals surface area contributed by atoms with Gasteiger partial charge < -0.3 is 55.3 Å². The largest absolute Gasteiger partial charge is 0.472 e. The molecule has 4 unspecified atom stereocenters. The molecule has 0 spiro atoms. The van der Waals surface area contributed by atoms with Crippen LogP contribution in [0.1, 0.15) is 25.3 Å². The lowest BCUT2D eigenvalue weighted by molar-refractivity contribution is -0.181. The predicted octanol–water partition coefficient (Wildman–Crippen LogP) is -2.10. The molecule has 10 atom stereocenters. The van der Waals surface area contributed by atoms with Crippen molar-refractivity contribution in [2.24, 2.45) is 0 Å². The molecule has 3 saturated heterocycles. The van der Waals surface area contributed by atoms with Gasteiger partial charge in [-0.2, -0.15) is 4.98 Å². The molecule has 3 aliphatic rings. The lowest BCUT2D eigenvalue weighted by atomic mass is 10.1. The van der Waals surface area contributed by atoms with E-state index in [9.17, 15) is 38.8 Å². The summed E-state index contributed by atoms with van der Waals surface area (Å²) in [6, 6.07) is 1.27. The molecule has 3 fully saturated rings. The van der Waals surface area contributed by atoms with Crippen molar-refractivity contribution in [2.45, 2.75) is 68.2 Å². The molecule has 3 aromatic rings. The minimum Gasteiger partial charge on any atom is -0.387 e. The molecule has 6 heterocycles. The topological polar surface area (TPSA) is 330 Å². The molecular weight excluding hydrogens is 690 g/mol. The summed E-state index contributed by atoms with van der Waals surface area (Å²) < 4.78 is 65.4. The van der Waals surface area contributed by atoms with Crippen molar-refractivity contribution in [1.82, 2.24) is 29.1 Å². The number of fused-ring (bicyclic) bond motifs is 1. The van der Waals surface area contributed by atoms with E-state index in [4.69, 9.17) is 39.5 Å². The van der Waals surface area contributed by atoms with Crippen LogP contribution in [0.25, 0.3) is 11.2 Å². The van der Waals surface area contributed by atoms with Gasteiger partial charge in [-0.05, 0) is 12.5 Å². The molecule has 0 bridgehead atoms. The molecule has 0 aliphatic carbocycles. The number of aliphatic hydroxyl groups is 2. The van der Waals surface area contributed by atoms with Crippen molar-refractivity contribution in [3.63, 3.8) is 0 Å². The van der Waals surface area contributed by atoms with Gasteiger partial charge in [-0.25, -0.2) is 28.9 Å². The maximum Gasteiger partial charge on any atom is 0.472 e. The number of hydrogen-bond acceptors (Lipinski definition) is 18. The third kappa shape index (κ3) is 7.44. The Kier molecular flexibility index (Phi) is 9.97. The molecule has 6 rings (SSSR count). The number of phosphoric acid groups is 2. The number of phosphoric ester groups is 2. The first kappa shape index (κ1) is 34.9. The summed E-state index contributed by atoms with van der Waals surface area (Å²) in [6.45, 7) is -1.36. The fourth-order valence-electron chi connectivity index (χ4n) is 5.46. The quantitative estimate of drug-likeness (QED) is 0.0984. The lowest BCUT2D eigenvalue weighted by Gasteiger charge is -2.28. The number of nitrogen functional groups attached to an aromatic ring is 2. The highest BCUT2D eigenvalue weighted by molar-refractivity contribution is 7.47. The first-order valence-corrected chi connectivity index (χ1v) is 17.3. The van der Waals surface area contributed by atoms with Crippen molar-refractivity contribution in [3.8, 4) is 0 Å². The molecule has 3 aromatic heterocycles. The van der Waals surface area contributed by atoms with Crippen LogP contribution < -0.4 is 17.2 Å².